The van der Waals surface area contributed by atoms with Crippen molar-refractivity contribution in [2.45, 2.75) is 20.3 Å². The molecule has 0 aliphatic carbocycles. The Morgan fingerprint density at radius 2 is 2.00 bits per heavy atom. The van der Waals surface area contributed by atoms with E-state index in [-0.39, 0.29) is 41.0 Å². The van der Waals surface area contributed by atoms with Gasteiger partial charge in [-0.3, -0.25) is 9.59 Å². The number of nitriles is 1. The van der Waals surface area contributed by atoms with Gasteiger partial charge in [0.05, 0.1) is 31.1 Å². The Bertz CT molecular complexity index is 1270. The van der Waals surface area contributed by atoms with Gasteiger partial charge in [-0.1, -0.05) is 0 Å². The third-order valence-electron chi connectivity index (χ3n) is 5.76. The number of amides is 1. The third-order valence-corrected chi connectivity index (χ3v) is 5.76. The molecule has 0 unspecified atom stereocenters. The second-order valence-electron chi connectivity index (χ2n) is 7.83. The van der Waals surface area contributed by atoms with E-state index in [1.54, 1.807) is 24.0 Å². The molecule has 1 saturated heterocycles. The molecule has 0 radical (unpaired) electrons. The highest BCUT2D eigenvalue weighted by Crippen LogP contribution is 2.29. The zero-order valence-corrected chi connectivity index (χ0v) is 19.0. The second-order valence-corrected chi connectivity index (χ2v) is 7.83. The number of methoxy groups -OCH3 is 1. The fraction of sp³-hybridized carbons (Fsp3) is 0.348. The summed E-state index contributed by atoms with van der Waals surface area (Å²) in [5, 5.41) is 9.46. The van der Waals surface area contributed by atoms with Crippen LogP contribution in [0.25, 0.3) is 11.7 Å². The summed E-state index contributed by atoms with van der Waals surface area (Å²) < 4.78 is 15.9. The molecule has 0 aromatic carbocycles. The van der Waals surface area contributed by atoms with Gasteiger partial charge in [-0.15, -0.1) is 0 Å². The SMILES string of the molecule is COC(=O)c1c(CC(=O)N2CCN(c3oc(-c4ccco4)nc3C#N)CC2)[nH]c(C(C)=O)c1C. The van der Waals surface area contributed by atoms with Crippen LogP contribution in [0.3, 0.4) is 0 Å². The highest BCUT2D eigenvalue weighted by molar-refractivity contribution is 6.01. The molecule has 1 aliphatic rings. The van der Waals surface area contributed by atoms with Gasteiger partial charge < -0.3 is 28.4 Å². The minimum absolute atomic E-state index is 0.0764. The first kappa shape index (κ1) is 22.8. The number of carbonyl (C=O) groups excluding carboxylic acids is 3. The molecule has 0 saturated carbocycles. The Balaban J connectivity index is 1.46. The van der Waals surface area contributed by atoms with Gasteiger partial charge in [-0.05, 0) is 24.6 Å². The van der Waals surface area contributed by atoms with Crippen LogP contribution in [-0.4, -0.2) is 65.8 Å². The van der Waals surface area contributed by atoms with Crippen LogP contribution in [0.4, 0.5) is 5.88 Å². The summed E-state index contributed by atoms with van der Waals surface area (Å²) >= 11 is 0. The molecule has 11 nitrogen and oxygen atoms in total. The van der Waals surface area contributed by atoms with E-state index in [0.717, 1.165) is 0 Å². The summed E-state index contributed by atoms with van der Waals surface area (Å²) in [5.41, 5.74) is 1.47. The van der Waals surface area contributed by atoms with Gasteiger partial charge in [0.25, 0.3) is 5.89 Å². The minimum Gasteiger partial charge on any atom is -0.465 e. The van der Waals surface area contributed by atoms with Crippen molar-refractivity contribution in [1.29, 1.82) is 5.26 Å². The van der Waals surface area contributed by atoms with E-state index in [2.05, 4.69) is 9.97 Å². The van der Waals surface area contributed by atoms with Crippen LogP contribution >= 0.6 is 0 Å². The molecule has 1 N–H and O–H groups in total. The first-order valence-corrected chi connectivity index (χ1v) is 10.6. The lowest BCUT2D eigenvalue weighted by Gasteiger charge is -2.34. The topological polar surface area (TPSA) is 146 Å². The lowest BCUT2D eigenvalue weighted by molar-refractivity contribution is -0.130. The fourth-order valence-corrected chi connectivity index (χ4v) is 4.05. The number of ether oxygens (including phenoxy) is 1. The number of carbonyl (C=O) groups is 3. The van der Waals surface area contributed by atoms with Crippen LogP contribution in [0, 0.1) is 18.3 Å². The van der Waals surface area contributed by atoms with Crippen LogP contribution in [0.2, 0.25) is 0 Å². The van der Waals surface area contributed by atoms with Crippen molar-refractivity contribution in [2.24, 2.45) is 0 Å². The zero-order chi connectivity index (χ0) is 24.4. The Morgan fingerprint density at radius 1 is 1.26 bits per heavy atom. The summed E-state index contributed by atoms with van der Waals surface area (Å²) in [6, 6.07) is 5.43. The van der Waals surface area contributed by atoms with Gasteiger partial charge in [0.1, 0.15) is 6.07 Å². The van der Waals surface area contributed by atoms with Gasteiger partial charge in [0, 0.05) is 38.8 Å². The fourth-order valence-electron chi connectivity index (χ4n) is 4.05. The number of piperazine rings is 1. The number of aromatic nitrogens is 2. The molecule has 1 aliphatic heterocycles. The van der Waals surface area contributed by atoms with Crippen molar-refractivity contribution in [3.8, 4) is 17.7 Å². The van der Waals surface area contributed by atoms with Crippen LogP contribution in [0.5, 0.6) is 0 Å². The number of nitrogens with zero attached hydrogens (tertiary/aromatic N) is 4. The van der Waals surface area contributed by atoms with E-state index >= 15 is 0 Å². The molecule has 3 aromatic heterocycles. The molecular formula is C23H23N5O6. The smallest absolute Gasteiger partial charge is 0.339 e. The van der Waals surface area contributed by atoms with E-state index in [1.165, 1.54) is 20.3 Å². The standard InChI is InChI=1S/C23H23N5O6/c1-13-19(23(31)32-3)15(25-20(13)14(2)29)11-18(30)27-6-8-28(9-7-27)22-16(12-24)26-21(34-22)17-5-4-10-33-17/h4-5,10,25H,6-9,11H2,1-3H3. The molecule has 176 valence electrons. The van der Waals surface area contributed by atoms with Crippen LogP contribution < -0.4 is 4.90 Å². The van der Waals surface area contributed by atoms with E-state index < -0.39 is 5.97 Å². The van der Waals surface area contributed by atoms with Crippen molar-refractivity contribution < 1.29 is 28.0 Å². The van der Waals surface area contributed by atoms with Gasteiger partial charge in [0.2, 0.25) is 17.5 Å². The van der Waals surface area contributed by atoms with Crippen molar-refractivity contribution in [2.75, 3.05) is 38.2 Å². The zero-order valence-electron chi connectivity index (χ0n) is 19.0. The largest absolute Gasteiger partial charge is 0.465 e. The first-order chi connectivity index (χ1) is 16.3. The average molecular weight is 465 g/mol. The van der Waals surface area contributed by atoms with Crippen LogP contribution in [-0.2, 0) is 16.0 Å². The Labute approximate surface area is 194 Å². The lowest BCUT2D eigenvalue weighted by atomic mass is 10.1. The minimum atomic E-state index is -0.601. The number of oxazole rings is 1. The quantitative estimate of drug-likeness (QED) is 0.428. The Kier molecular flexibility index (Phi) is 6.23. The Hall–Kier alpha value is -4.33. The molecule has 1 amide bonds. The number of hydrogen-bond acceptors (Lipinski definition) is 9. The van der Waals surface area contributed by atoms with E-state index in [4.69, 9.17) is 13.6 Å². The summed E-state index contributed by atoms with van der Waals surface area (Å²) in [4.78, 5) is 47.8. The number of aromatic amines is 1. The number of furan rings is 1. The molecule has 11 heteroatoms. The molecule has 0 spiro atoms. The number of rotatable bonds is 6. The Morgan fingerprint density at radius 3 is 2.59 bits per heavy atom. The van der Waals surface area contributed by atoms with Gasteiger partial charge >= 0.3 is 5.97 Å². The number of ketones is 1. The van der Waals surface area contributed by atoms with E-state index in [0.29, 0.717) is 49.1 Å². The van der Waals surface area contributed by atoms with Crippen molar-refractivity contribution in [3.05, 3.63) is 46.6 Å². The van der Waals surface area contributed by atoms with Crippen molar-refractivity contribution in [3.63, 3.8) is 0 Å². The number of esters is 1. The van der Waals surface area contributed by atoms with Gasteiger partial charge in [-0.25, -0.2) is 4.79 Å². The monoisotopic (exact) mass is 465 g/mol. The van der Waals surface area contributed by atoms with Crippen molar-refractivity contribution in [1.82, 2.24) is 14.9 Å². The summed E-state index contributed by atoms with van der Waals surface area (Å²) in [6.45, 7) is 4.66. The summed E-state index contributed by atoms with van der Waals surface area (Å²) in [7, 11) is 1.25. The molecule has 0 atom stereocenters. The van der Waals surface area contributed by atoms with Crippen LogP contribution in [0.1, 0.15) is 44.7 Å². The molecular weight excluding hydrogens is 442 g/mol. The van der Waals surface area contributed by atoms with E-state index in [1.807, 2.05) is 11.0 Å². The highest BCUT2D eigenvalue weighted by Gasteiger charge is 2.29. The molecule has 0 bridgehead atoms. The average Bonchev–Trinajstić information content (AvgIpc) is 3.57. The molecule has 1 fully saturated rings. The van der Waals surface area contributed by atoms with Crippen molar-refractivity contribution >= 4 is 23.5 Å². The third kappa shape index (κ3) is 4.17. The van der Waals surface area contributed by atoms with Gasteiger partial charge in [-0.2, -0.15) is 10.2 Å². The summed E-state index contributed by atoms with van der Waals surface area (Å²) in [6.07, 6.45) is 1.42. The maximum absolute atomic E-state index is 13.0. The number of H-pyrrole nitrogens is 1. The molecule has 4 rings (SSSR count). The normalized spacial score (nSPS) is 13.6. The lowest BCUT2D eigenvalue weighted by Crippen LogP contribution is -2.49. The number of Topliss-reactive ketones (excluding diaryl/α,β-unsaturated/α-hetero) is 1. The maximum atomic E-state index is 13.0. The number of nitrogens with one attached hydrogen (secondary N) is 1. The van der Waals surface area contributed by atoms with Crippen LogP contribution in [0.15, 0.2) is 27.2 Å². The van der Waals surface area contributed by atoms with E-state index in [9.17, 15) is 19.6 Å². The predicted molar refractivity (Wildman–Crippen MR) is 118 cm³/mol. The van der Waals surface area contributed by atoms with Gasteiger partial charge in [0.15, 0.2) is 11.5 Å². The maximum Gasteiger partial charge on any atom is 0.339 e. The second kappa shape index (κ2) is 9.27. The highest BCUT2D eigenvalue weighted by atomic mass is 16.5. The number of anilines is 1. The molecule has 4 heterocycles. The summed E-state index contributed by atoms with van der Waals surface area (Å²) in [5.74, 6) is -0.0617. The first-order valence-electron chi connectivity index (χ1n) is 10.6. The molecule has 34 heavy (non-hydrogen) atoms. The predicted octanol–water partition coefficient (Wildman–Crippen LogP) is 2.32. The number of hydrogen-bond donors (Lipinski definition) is 1. The molecule has 3 aromatic rings.